The minimum absolute atomic E-state index is 0.0579. The van der Waals surface area contributed by atoms with E-state index in [1.54, 1.807) is 18.2 Å². The highest BCUT2D eigenvalue weighted by Crippen LogP contribution is 2.33. The van der Waals surface area contributed by atoms with Gasteiger partial charge in [0.15, 0.2) is 6.61 Å². The van der Waals surface area contributed by atoms with Gasteiger partial charge < -0.3 is 14.4 Å². The van der Waals surface area contributed by atoms with Gasteiger partial charge >= 0.3 is 0 Å². The average Bonchev–Trinajstić information content (AvgIpc) is 3.13. The van der Waals surface area contributed by atoms with Crippen LogP contribution in [-0.4, -0.2) is 30.6 Å². The van der Waals surface area contributed by atoms with Crippen molar-refractivity contribution in [2.75, 3.05) is 19.8 Å². The molecule has 0 saturated carbocycles. The van der Waals surface area contributed by atoms with Crippen molar-refractivity contribution in [2.24, 2.45) is 0 Å². The van der Waals surface area contributed by atoms with Crippen molar-refractivity contribution in [3.63, 3.8) is 0 Å². The van der Waals surface area contributed by atoms with Gasteiger partial charge in [0.2, 0.25) is 0 Å². The van der Waals surface area contributed by atoms with Crippen molar-refractivity contribution in [1.82, 2.24) is 4.90 Å². The molecule has 0 N–H and O–H groups in total. The molecule has 3 rings (SSSR count). The molecule has 4 nitrogen and oxygen atoms in total. The molecule has 1 unspecified atom stereocenters. The highest BCUT2D eigenvalue weighted by Gasteiger charge is 2.30. The number of nitrogens with zero attached hydrogens (tertiary/aromatic N) is 1. The summed E-state index contributed by atoms with van der Waals surface area (Å²) >= 11 is 12.0. The molecule has 1 amide bonds. The Hall–Kier alpha value is -1.91. The first-order valence-electron chi connectivity index (χ1n) is 8.68. The Labute approximate surface area is 163 Å². The summed E-state index contributed by atoms with van der Waals surface area (Å²) in [5, 5.41) is 0.956. The molecule has 1 heterocycles. The first-order valence-corrected chi connectivity index (χ1v) is 9.44. The van der Waals surface area contributed by atoms with E-state index in [4.69, 9.17) is 32.7 Å². The van der Waals surface area contributed by atoms with Gasteiger partial charge in [-0.25, -0.2) is 0 Å². The molecule has 2 aromatic rings. The fraction of sp³-hybridized carbons (Fsp3) is 0.350. The van der Waals surface area contributed by atoms with Crippen molar-refractivity contribution < 1.29 is 14.3 Å². The van der Waals surface area contributed by atoms with E-state index in [0.717, 1.165) is 30.7 Å². The van der Waals surface area contributed by atoms with Crippen LogP contribution in [0.1, 0.15) is 31.4 Å². The lowest BCUT2D eigenvalue weighted by molar-refractivity contribution is -0.134. The monoisotopic (exact) mass is 393 g/mol. The zero-order valence-electron chi connectivity index (χ0n) is 14.6. The lowest BCUT2D eigenvalue weighted by Gasteiger charge is -2.25. The molecule has 6 heteroatoms. The number of ether oxygens (including phenoxy) is 2. The average molecular weight is 394 g/mol. The Kier molecular flexibility index (Phi) is 6.28. The maximum atomic E-state index is 12.7. The third-order valence-corrected chi connectivity index (χ3v) is 4.94. The topological polar surface area (TPSA) is 38.8 Å². The second-order valence-electron chi connectivity index (χ2n) is 6.11. The molecule has 0 bridgehead atoms. The van der Waals surface area contributed by atoms with Crippen molar-refractivity contribution >= 4 is 29.1 Å². The number of carbonyl (C=O) groups excluding carboxylic acids is 1. The molecular formula is C20H21Cl2NO3. The number of carbonyl (C=O) groups is 1. The predicted octanol–water partition coefficient (Wildman–Crippen LogP) is 5.13. The molecule has 1 fully saturated rings. The van der Waals surface area contributed by atoms with Crippen molar-refractivity contribution in [3.05, 3.63) is 58.1 Å². The van der Waals surface area contributed by atoms with Gasteiger partial charge in [-0.1, -0.05) is 35.3 Å². The van der Waals surface area contributed by atoms with E-state index < -0.39 is 0 Å². The van der Waals surface area contributed by atoms with Crippen LogP contribution in [0, 0.1) is 0 Å². The van der Waals surface area contributed by atoms with E-state index in [9.17, 15) is 4.79 Å². The molecule has 2 aromatic carbocycles. The van der Waals surface area contributed by atoms with Crippen LogP contribution in [0.2, 0.25) is 10.0 Å². The van der Waals surface area contributed by atoms with Crippen LogP contribution in [0.15, 0.2) is 42.5 Å². The van der Waals surface area contributed by atoms with Crippen molar-refractivity contribution in [3.8, 4) is 11.5 Å². The number of hydrogen-bond acceptors (Lipinski definition) is 3. The van der Waals surface area contributed by atoms with Crippen LogP contribution in [0.25, 0.3) is 0 Å². The Morgan fingerprint density at radius 3 is 2.65 bits per heavy atom. The van der Waals surface area contributed by atoms with Gasteiger partial charge in [0, 0.05) is 17.6 Å². The van der Waals surface area contributed by atoms with Crippen LogP contribution in [0.3, 0.4) is 0 Å². The van der Waals surface area contributed by atoms with Crippen LogP contribution >= 0.6 is 23.2 Å². The first-order chi connectivity index (χ1) is 12.6. The molecule has 26 heavy (non-hydrogen) atoms. The normalized spacial score (nSPS) is 16.6. The number of amides is 1. The number of likely N-dealkylation sites (tertiary alicyclic amines) is 1. The smallest absolute Gasteiger partial charge is 0.261 e. The van der Waals surface area contributed by atoms with Crippen LogP contribution in [0.4, 0.5) is 0 Å². The molecule has 1 atom stereocenters. The quantitative estimate of drug-likeness (QED) is 0.682. The zero-order chi connectivity index (χ0) is 18.5. The predicted molar refractivity (Wildman–Crippen MR) is 103 cm³/mol. The molecule has 1 saturated heterocycles. The lowest BCUT2D eigenvalue weighted by atomic mass is 10.0. The van der Waals surface area contributed by atoms with E-state index in [-0.39, 0.29) is 18.6 Å². The van der Waals surface area contributed by atoms with E-state index >= 15 is 0 Å². The second kappa shape index (κ2) is 8.65. The summed E-state index contributed by atoms with van der Waals surface area (Å²) in [6, 6.07) is 13.0. The Morgan fingerprint density at radius 2 is 1.92 bits per heavy atom. The summed E-state index contributed by atoms with van der Waals surface area (Å²) in [5.74, 6) is 1.20. The highest BCUT2D eigenvalue weighted by atomic mass is 35.5. The van der Waals surface area contributed by atoms with E-state index in [1.165, 1.54) is 0 Å². The summed E-state index contributed by atoms with van der Waals surface area (Å²) in [6.07, 6.45) is 1.92. The highest BCUT2D eigenvalue weighted by molar-refractivity contribution is 6.34. The molecule has 1 aliphatic heterocycles. The number of halogens is 2. The van der Waals surface area contributed by atoms with Gasteiger partial charge in [0.05, 0.1) is 17.7 Å². The molecule has 0 radical (unpaired) electrons. The van der Waals surface area contributed by atoms with Crippen molar-refractivity contribution in [1.29, 1.82) is 0 Å². The third kappa shape index (κ3) is 4.43. The summed E-state index contributed by atoms with van der Waals surface area (Å²) in [4.78, 5) is 14.5. The van der Waals surface area contributed by atoms with E-state index in [1.807, 2.05) is 36.1 Å². The molecule has 0 spiro atoms. The number of benzene rings is 2. The third-order valence-electron chi connectivity index (χ3n) is 4.39. The standard InChI is InChI=1S/C20H21Cl2NO3/c1-2-25-16-8-5-14(6-9-16)18-4-3-11-23(18)20(24)13-26-19-12-15(21)7-10-17(19)22/h5-10,12,18H,2-4,11,13H2,1H3. The SMILES string of the molecule is CCOc1ccc(C2CCCN2C(=O)COc2cc(Cl)ccc2Cl)cc1. The largest absolute Gasteiger partial charge is 0.494 e. The van der Waals surface area contributed by atoms with Crippen LogP contribution in [0.5, 0.6) is 11.5 Å². The van der Waals surface area contributed by atoms with Crippen molar-refractivity contribution in [2.45, 2.75) is 25.8 Å². The fourth-order valence-electron chi connectivity index (χ4n) is 3.17. The van der Waals surface area contributed by atoms with E-state index in [2.05, 4.69) is 0 Å². The van der Waals surface area contributed by atoms with Gasteiger partial charge in [-0.05, 0) is 49.6 Å². The molecule has 138 valence electrons. The summed E-state index contributed by atoms with van der Waals surface area (Å²) in [5.41, 5.74) is 1.11. The number of rotatable bonds is 6. The van der Waals surface area contributed by atoms with Gasteiger partial charge in [0.25, 0.3) is 5.91 Å². The van der Waals surface area contributed by atoms with Gasteiger partial charge in [0.1, 0.15) is 11.5 Å². The first kappa shape index (κ1) is 18.9. The summed E-state index contributed by atoms with van der Waals surface area (Å²) in [7, 11) is 0. The summed E-state index contributed by atoms with van der Waals surface area (Å²) in [6.45, 7) is 3.26. The Balaban J connectivity index is 1.65. The minimum atomic E-state index is -0.0619. The molecule has 0 aliphatic carbocycles. The van der Waals surface area contributed by atoms with Crippen LogP contribution < -0.4 is 9.47 Å². The molecule has 0 aromatic heterocycles. The van der Waals surface area contributed by atoms with E-state index in [0.29, 0.717) is 22.4 Å². The lowest BCUT2D eigenvalue weighted by Crippen LogP contribution is -2.34. The second-order valence-corrected chi connectivity index (χ2v) is 6.95. The Bertz CT molecular complexity index is 764. The molecular weight excluding hydrogens is 373 g/mol. The minimum Gasteiger partial charge on any atom is -0.494 e. The number of hydrogen-bond donors (Lipinski definition) is 0. The maximum Gasteiger partial charge on any atom is 0.261 e. The Morgan fingerprint density at radius 1 is 1.15 bits per heavy atom. The fourth-order valence-corrected chi connectivity index (χ4v) is 3.51. The summed E-state index contributed by atoms with van der Waals surface area (Å²) < 4.78 is 11.1. The van der Waals surface area contributed by atoms with Crippen LogP contribution in [-0.2, 0) is 4.79 Å². The van der Waals surface area contributed by atoms with Gasteiger partial charge in [-0.15, -0.1) is 0 Å². The van der Waals surface area contributed by atoms with Gasteiger partial charge in [-0.3, -0.25) is 4.79 Å². The molecule has 1 aliphatic rings. The van der Waals surface area contributed by atoms with Gasteiger partial charge in [-0.2, -0.15) is 0 Å². The zero-order valence-corrected chi connectivity index (χ0v) is 16.1. The maximum absolute atomic E-state index is 12.7.